The van der Waals surface area contributed by atoms with Gasteiger partial charge in [0.05, 0.1) is 25.4 Å². The highest BCUT2D eigenvalue weighted by Crippen LogP contribution is 2.43. The molecule has 0 aliphatic heterocycles. The summed E-state index contributed by atoms with van der Waals surface area (Å²) in [5.74, 6) is -1.08. The van der Waals surface area contributed by atoms with Crippen LogP contribution in [0.1, 0.15) is 155 Å². The standard InChI is InChI=1S/C43H76NO10P/c1-3-5-7-9-11-12-13-14-15-16-17-18-19-21-27-33-43(48)54-41(38-53-55(49,50)52-36-35-44)37-51-42(47)34-28-32-40(46)31-26-23-22-25-30-39(45)29-24-20-10-8-6-4-2/h14-15,20,22-26,30-31,39-41,45-46H,3-13,16-19,21,27-29,32-38,44H2,1-2H3,(H,49,50)/b15-14-,23-22+,24-20-,30-25+,31-26-/t39-,40-,41-/m1/s1. The summed E-state index contributed by atoms with van der Waals surface area (Å²) in [7, 11) is -4.44. The van der Waals surface area contributed by atoms with Crippen molar-refractivity contribution in [2.24, 2.45) is 5.73 Å². The summed E-state index contributed by atoms with van der Waals surface area (Å²) in [6, 6.07) is 0. The molecule has 0 rings (SSSR count). The topological polar surface area (TPSA) is 175 Å². The molecule has 55 heavy (non-hydrogen) atoms. The summed E-state index contributed by atoms with van der Waals surface area (Å²) in [5.41, 5.74) is 5.33. The number of phosphoric acid groups is 1. The Hall–Kier alpha value is -2.37. The Kier molecular flexibility index (Phi) is 36.8. The van der Waals surface area contributed by atoms with Crippen molar-refractivity contribution in [2.75, 3.05) is 26.4 Å². The second-order valence-electron chi connectivity index (χ2n) is 13.9. The summed E-state index contributed by atoms with van der Waals surface area (Å²) in [4.78, 5) is 34.8. The van der Waals surface area contributed by atoms with Crippen LogP contribution in [-0.2, 0) is 32.7 Å². The quantitative estimate of drug-likeness (QED) is 0.0154. The fraction of sp³-hybridized carbons (Fsp3) is 0.721. The number of allylic oxidation sites excluding steroid dienone is 7. The van der Waals surface area contributed by atoms with E-state index in [9.17, 15) is 29.3 Å². The van der Waals surface area contributed by atoms with Gasteiger partial charge in [-0.3, -0.25) is 18.6 Å². The number of unbranched alkanes of at least 4 members (excludes halogenated alkanes) is 14. The molecule has 0 radical (unpaired) electrons. The third-order valence-electron chi connectivity index (χ3n) is 8.57. The Morgan fingerprint density at radius 2 is 1.16 bits per heavy atom. The molecule has 5 N–H and O–H groups in total. The highest BCUT2D eigenvalue weighted by atomic mass is 31.2. The molecule has 0 aromatic rings. The van der Waals surface area contributed by atoms with Gasteiger partial charge in [-0.25, -0.2) is 4.57 Å². The molecule has 0 aliphatic rings. The number of phosphoric ester groups is 1. The molecule has 0 aromatic carbocycles. The van der Waals surface area contributed by atoms with E-state index in [1.165, 1.54) is 57.8 Å². The summed E-state index contributed by atoms with van der Waals surface area (Å²) < 4.78 is 32.5. The van der Waals surface area contributed by atoms with Crippen LogP contribution in [0.2, 0.25) is 0 Å². The first-order valence-corrected chi connectivity index (χ1v) is 22.5. The number of aliphatic hydroxyl groups is 2. The van der Waals surface area contributed by atoms with Crippen LogP contribution in [0.4, 0.5) is 0 Å². The van der Waals surface area contributed by atoms with Crippen molar-refractivity contribution in [3.8, 4) is 0 Å². The number of ether oxygens (including phenoxy) is 2. The molecule has 0 amide bonds. The van der Waals surface area contributed by atoms with E-state index in [-0.39, 0.29) is 32.6 Å². The second kappa shape index (κ2) is 38.5. The molecule has 0 bridgehead atoms. The largest absolute Gasteiger partial charge is 0.472 e. The molecule has 0 fully saturated rings. The van der Waals surface area contributed by atoms with Crippen LogP contribution in [-0.4, -0.2) is 71.7 Å². The minimum absolute atomic E-state index is 0.0149. The molecule has 0 heterocycles. The maximum Gasteiger partial charge on any atom is 0.472 e. The van der Waals surface area contributed by atoms with Gasteiger partial charge in [-0.05, 0) is 64.2 Å². The molecular formula is C43H76NO10P. The van der Waals surface area contributed by atoms with Gasteiger partial charge in [0.2, 0.25) is 0 Å². The number of hydrogen-bond donors (Lipinski definition) is 4. The Balaban J connectivity index is 4.46. The number of esters is 2. The fourth-order valence-electron chi connectivity index (χ4n) is 5.35. The van der Waals surface area contributed by atoms with Crippen LogP contribution in [0.25, 0.3) is 0 Å². The van der Waals surface area contributed by atoms with Crippen molar-refractivity contribution in [3.05, 3.63) is 60.8 Å². The molecule has 4 atom stereocenters. The maximum absolute atomic E-state index is 12.6. The Labute approximate surface area is 333 Å². The molecule has 0 aromatic heterocycles. The zero-order chi connectivity index (χ0) is 40.7. The molecular weight excluding hydrogens is 721 g/mol. The Bertz CT molecular complexity index is 1120. The first kappa shape index (κ1) is 52.6. The number of rotatable bonds is 38. The predicted octanol–water partition coefficient (Wildman–Crippen LogP) is 9.66. The maximum atomic E-state index is 12.6. The van der Waals surface area contributed by atoms with Gasteiger partial charge >= 0.3 is 19.8 Å². The fourth-order valence-corrected chi connectivity index (χ4v) is 6.12. The first-order chi connectivity index (χ1) is 26.6. The summed E-state index contributed by atoms with van der Waals surface area (Å²) in [5, 5.41) is 20.2. The van der Waals surface area contributed by atoms with E-state index in [4.69, 9.17) is 24.3 Å². The lowest BCUT2D eigenvalue weighted by atomic mass is 10.1. The Morgan fingerprint density at radius 1 is 0.636 bits per heavy atom. The Morgan fingerprint density at radius 3 is 1.80 bits per heavy atom. The molecule has 318 valence electrons. The zero-order valence-corrected chi connectivity index (χ0v) is 35.0. The predicted molar refractivity (Wildman–Crippen MR) is 222 cm³/mol. The molecule has 0 aliphatic carbocycles. The highest BCUT2D eigenvalue weighted by molar-refractivity contribution is 7.47. The molecule has 0 saturated heterocycles. The SMILES string of the molecule is CCCCC/C=C\C[C@@H](O)/C=C/C=C/C=C\[C@@H](O)CCCC(=O)OC[C@H](COP(=O)(O)OCCN)OC(=O)CCCCCCC/C=C\CCCCCCCC. The van der Waals surface area contributed by atoms with Crippen LogP contribution in [0, 0.1) is 0 Å². The minimum atomic E-state index is -4.44. The van der Waals surface area contributed by atoms with Crippen molar-refractivity contribution in [1.82, 2.24) is 0 Å². The van der Waals surface area contributed by atoms with E-state index in [0.717, 1.165) is 44.9 Å². The minimum Gasteiger partial charge on any atom is -0.462 e. The van der Waals surface area contributed by atoms with Crippen molar-refractivity contribution >= 4 is 19.8 Å². The number of hydrogen-bond acceptors (Lipinski definition) is 10. The van der Waals surface area contributed by atoms with E-state index in [1.54, 1.807) is 36.5 Å². The van der Waals surface area contributed by atoms with Crippen LogP contribution < -0.4 is 5.73 Å². The highest BCUT2D eigenvalue weighted by Gasteiger charge is 2.26. The third kappa shape index (κ3) is 38.3. The van der Waals surface area contributed by atoms with E-state index < -0.39 is 44.7 Å². The van der Waals surface area contributed by atoms with Gasteiger partial charge in [0.1, 0.15) is 6.61 Å². The summed E-state index contributed by atoms with van der Waals surface area (Å²) >= 11 is 0. The van der Waals surface area contributed by atoms with E-state index >= 15 is 0 Å². The molecule has 12 heteroatoms. The van der Waals surface area contributed by atoms with Crippen molar-refractivity contribution in [1.29, 1.82) is 0 Å². The molecule has 0 spiro atoms. The average Bonchev–Trinajstić information content (AvgIpc) is 3.16. The van der Waals surface area contributed by atoms with Gasteiger partial charge in [-0.2, -0.15) is 0 Å². The summed E-state index contributed by atoms with van der Waals surface area (Å²) in [6.45, 7) is 3.35. The van der Waals surface area contributed by atoms with Gasteiger partial charge in [-0.15, -0.1) is 0 Å². The van der Waals surface area contributed by atoms with Gasteiger partial charge in [0, 0.05) is 19.4 Å². The van der Waals surface area contributed by atoms with E-state index in [0.29, 0.717) is 25.7 Å². The zero-order valence-electron chi connectivity index (χ0n) is 34.1. The van der Waals surface area contributed by atoms with Crippen LogP contribution >= 0.6 is 7.82 Å². The lowest BCUT2D eigenvalue weighted by Crippen LogP contribution is -2.29. The van der Waals surface area contributed by atoms with Crippen molar-refractivity contribution < 1.29 is 47.8 Å². The molecule has 1 unspecified atom stereocenters. The summed E-state index contributed by atoms with van der Waals surface area (Å²) in [6.07, 6.45) is 37.4. The van der Waals surface area contributed by atoms with Crippen LogP contribution in [0.3, 0.4) is 0 Å². The molecule has 0 saturated carbocycles. The third-order valence-corrected chi connectivity index (χ3v) is 9.55. The van der Waals surface area contributed by atoms with E-state index in [2.05, 4.69) is 32.1 Å². The number of nitrogens with two attached hydrogens (primary N) is 1. The number of carbonyl (C=O) groups excluding carboxylic acids is 2. The monoisotopic (exact) mass is 798 g/mol. The van der Waals surface area contributed by atoms with E-state index in [1.807, 2.05) is 6.08 Å². The lowest BCUT2D eigenvalue weighted by molar-refractivity contribution is -0.161. The number of carbonyl (C=O) groups is 2. The lowest BCUT2D eigenvalue weighted by Gasteiger charge is -2.20. The normalized spacial score (nSPS) is 15.1. The van der Waals surface area contributed by atoms with Crippen molar-refractivity contribution in [3.63, 3.8) is 0 Å². The van der Waals surface area contributed by atoms with Gasteiger partial charge in [0.25, 0.3) is 0 Å². The second-order valence-corrected chi connectivity index (χ2v) is 15.4. The van der Waals surface area contributed by atoms with Gasteiger partial charge in [0.15, 0.2) is 6.10 Å². The van der Waals surface area contributed by atoms with Gasteiger partial charge < -0.3 is 30.3 Å². The smallest absolute Gasteiger partial charge is 0.462 e. The van der Waals surface area contributed by atoms with Crippen LogP contribution in [0.15, 0.2) is 60.8 Å². The molecule has 11 nitrogen and oxygen atoms in total. The number of aliphatic hydroxyl groups excluding tert-OH is 2. The average molecular weight is 798 g/mol. The first-order valence-electron chi connectivity index (χ1n) is 21.0. The van der Waals surface area contributed by atoms with Crippen molar-refractivity contribution in [2.45, 2.75) is 173 Å². The van der Waals surface area contributed by atoms with Gasteiger partial charge in [-0.1, -0.05) is 139 Å². The van der Waals surface area contributed by atoms with Crippen LogP contribution in [0.5, 0.6) is 0 Å².